The highest BCUT2D eigenvalue weighted by Crippen LogP contribution is 2.57. The van der Waals surface area contributed by atoms with Crippen molar-refractivity contribution in [2.24, 2.45) is 11.3 Å². The minimum Gasteiger partial charge on any atom is -0.490 e. The standard InChI is InChI=1S/C24H30N2O4S/c1-4-28-18-7-5-6-16-20-17(23(2,3)30-21(16)18)12-24(14-29-20)8-10-26(11-9-24)22(27)19-13-25-15-31-19/h5-7,13,15,17,20H,4,8-12,14H2,1-3H3/t17-,20+/m0/s1. The summed E-state index contributed by atoms with van der Waals surface area (Å²) in [4.78, 5) is 19.5. The summed E-state index contributed by atoms with van der Waals surface area (Å²) in [6.07, 6.45) is 4.65. The Hall–Kier alpha value is -2.12. The molecular weight excluding hydrogens is 412 g/mol. The predicted molar refractivity (Wildman–Crippen MR) is 119 cm³/mol. The van der Waals surface area contributed by atoms with Gasteiger partial charge in [0.05, 0.1) is 31.0 Å². The van der Waals surface area contributed by atoms with Crippen LogP contribution in [-0.2, 0) is 4.74 Å². The van der Waals surface area contributed by atoms with Gasteiger partial charge in [0.15, 0.2) is 11.5 Å². The van der Waals surface area contributed by atoms with E-state index in [9.17, 15) is 4.79 Å². The van der Waals surface area contributed by atoms with Crippen LogP contribution in [0.4, 0.5) is 0 Å². The number of amides is 1. The molecular formula is C24H30N2O4S. The molecule has 1 spiro atoms. The second kappa shape index (κ2) is 7.78. The highest BCUT2D eigenvalue weighted by molar-refractivity contribution is 7.11. The number of ether oxygens (including phenoxy) is 3. The Morgan fingerprint density at radius 1 is 1.32 bits per heavy atom. The van der Waals surface area contributed by atoms with Gasteiger partial charge in [-0.15, -0.1) is 11.3 Å². The van der Waals surface area contributed by atoms with Crippen LogP contribution in [0.25, 0.3) is 0 Å². The van der Waals surface area contributed by atoms with Crippen LogP contribution in [-0.4, -0.2) is 47.7 Å². The maximum Gasteiger partial charge on any atom is 0.265 e. The third kappa shape index (κ3) is 3.61. The Morgan fingerprint density at radius 3 is 2.84 bits per heavy atom. The molecule has 2 fully saturated rings. The van der Waals surface area contributed by atoms with Crippen LogP contribution < -0.4 is 9.47 Å². The van der Waals surface area contributed by atoms with E-state index in [2.05, 4.69) is 24.9 Å². The molecule has 1 aromatic heterocycles. The third-order valence-corrected chi connectivity index (χ3v) is 7.98. The molecule has 0 N–H and O–H groups in total. The lowest BCUT2D eigenvalue weighted by Gasteiger charge is -2.54. The molecule has 1 amide bonds. The highest BCUT2D eigenvalue weighted by atomic mass is 32.1. The van der Waals surface area contributed by atoms with Gasteiger partial charge in [-0.25, -0.2) is 0 Å². The van der Waals surface area contributed by atoms with Gasteiger partial charge >= 0.3 is 0 Å². The number of piperidine rings is 1. The van der Waals surface area contributed by atoms with Crippen molar-refractivity contribution in [3.8, 4) is 11.5 Å². The van der Waals surface area contributed by atoms with Gasteiger partial charge in [-0.05, 0) is 51.5 Å². The van der Waals surface area contributed by atoms with E-state index in [-0.39, 0.29) is 28.9 Å². The smallest absolute Gasteiger partial charge is 0.265 e. The van der Waals surface area contributed by atoms with Gasteiger partial charge in [0.1, 0.15) is 10.5 Å². The number of rotatable bonds is 3. The molecule has 0 saturated carbocycles. The summed E-state index contributed by atoms with van der Waals surface area (Å²) in [7, 11) is 0. The van der Waals surface area contributed by atoms with Gasteiger partial charge in [0.25, 0.3) is 5.91 Å². The lowest BCUT2D eigenvalue weighted by Crippen LogP contribution is -2.54. The number of likely N-dealkylation sites (tertiary alicyclic amines) is 1. The van der Waals surface area contributed by atoms with Crippen molar-refractivity contribution in [3.63, 3.8) is 0 Å². The van der Waals surface area contributed by atoms with Crippen LogP contribution in [0.15, 0.2) is 29.9 Å². The zero-order chi connectivity index (χ0) is 21.6. The predicted octanol–water partition coefficient (Wildman–Crippen LogP) is 4.71. The fraction of sp³-hybridized carbons (Fsp3) is 0.583. The van der Waals surface area contributed by atoms with Gasteiger partial charge in [-0.1, -0.05) is 12.1 Å². The fourth-order valence-corrected chi connectivity index (χ4v) is 6.00. The Bertz CT molecular complexity index is 950. The Labute approximate surface area is 187 Å². The van der Waals surface area contributed by atoms with Crippen LogP contribution in [0.3, 0.4) is 0 Å². The molecule has 0 unspecified atom stereocenters. The van der Waals surface area contributed by atoms with Crippen LogP contribution in [0.1, 0.15) is 61.4 Å². The van der Waals surface area contributed by atoms with Crippen molar-refractivity contribution in [1.29, 1.82) is 0 Å². The number of hydrogen-bond acceptors (Lipinski definition) is 6. The third-order valence-electron chi connectivity index (χ3n) is 7.22. The number of aromatic nitrogens is 1. The van der Waals surface area contributed by atoms with Crippen molar-refractivity contribution >= 4 is 17.2 Å². The molecule has 0 aliphatic carbocycles. The minimum atomic E-state index is -0.353. The first kappa shape index (κ1) is 20.8. The molecule has 5 rings (SSSR count). The van der Waals surface area contributed by atoms with Gasteiger partial charge in [-0.2, -0.15) is 0 Å². The number of para-hydroxylation sites is 1. The molecule has 4 heterocycles. The van der Waals surface area contributed by atoms with Crippen LogP contribution in [0.5, 0.6) is 11.5 Å². The summed E-state index contributed by atoms with van der Waals surface area (Å²) in [5.74, 6) is 1.99. The fourth-order valence-electron chi connectivity index (χ4n) is 5.42. The van der Waals surface area contributed by atoms with Gasteiger partial charge in [0.2, 0.25) is 0 Å². The first-order chi connectivity index (χ1) is 14.9. The van der Waals surface area contributed by atoms with Gasteiger partial charge < -0.3 is 19.1 Å². The molecule has 31 heavy (non-hydrogen) atoms. The summed E-state index contributed by atoms with van der Waals surface area (Å²) >= 11 is 1.41. The average Bonchev–Trinajstić information content (AvgIpc) is 3.30. The van der Waals surface area contributed by atoms with Gasteiger partial charge in [-0.3, -0.25) is 9.78 Å². The summed E-state index contributed by atoms with van der Waals surface area (Å²) < 4.78 is 19.0. The second-order valence-corrected chi connectivity index (χ2v) is 10.4. The second-order valence-electron chi connectivity index (χ2n) is 9.51. The van der Waals surface area contributed by atoms with Crippen molar-refractivity contribution in [1.82, 2.24) is 9.88 Å². The van der Waals surface area contributed by atoms with E-state index in [4.69, 9.17) is 14.2 Å². The Balaban J connectivity index is 1.34. The minimum absolute atomic E-state index is 0.0154. The number of hydrogen-bond donors (Lipinski definition) is 0. The Kier molecular flexibility index (Phi) is 5.21. The molecule has 1 aromatic carbocycles. The Morgan fingerprint density at radius 2 is 2.13 bits per heavy atom. The van der Waals surface area contributed by atoms with E-state index in [0.717, 1.165) is 60.9 Å². The van der Waals surface area contributed by atoms with Crippen LogP contribution >= 0.6 is 11.3 Å². The molecule has 3 aliphatic rings. The molecule has 166 valence electrons. The van der Waals surface area contributed by atoms with Crippen molar-refractivity contribution in [2.45, 2.75) is 51.7 Å². The number of carbonyl (C=O) groups excluding carboxylic acids is 1. The average molecular weight is 443 g/mol. The van der Waals surface area contributed by atoms with E-state index in [0.29, 0.717) is 6.61 Å². The number of fused-ring (bicyclic) bond motifs is 3. The SMILES string of the molecule is CCOc1cccc2c1OC(C)(C)[C@H]1CC3(CCN(C(=O)c4cncs4)CC3)CO[C@H]21. The number of nitrogens with zero attached hydrogens (tertiary/aromatic N) is 2. The molecule has 2 saturated heterocycles. The molecule has 6 nitrogen and oxygen atoms in total. The zero-order valence-corrected chi connectivity index (χ0v) is 19.2. The first-order valence-corrected chi connectivity index (χ1v) is 12.0. The number of benzene rings is 1. The molecule has 7 heteroatoms. The molecule has 2 atom stereocenters. The monoisotopic (exact) mass is 442 g/mol. The molecule has 2 aromatic rings. The summed E-state index contributed by atoms with van der Waals surface area (Å²) in [6, 6.07) is 6.11. The van der Waals surface area contributed by atoms with E-state index in [1.54, 1.807) is 11.7 Å². The first-order valence-electron chi connectivity index (χ1n) is 11.2. The molecule has 0 radical (unpaired) electrons. The topological polar surface area (TPSA) is 60.9 Å². The summed E-state index contributed by atoms with van der Waals surface area (Å²) in [6.45, 7) is 9.19. The van der Waals surface area contributed by atoms with E-state index < -0.39 is 0 Å². The molecule has 0 bridgehead atoms. The lowest BCUT2D eigenvalue weighted by molar-refractivity contribution is -0.173. The van der Waals surface area contributed by atoms with Crippen molar-refractivity contribution in [2.75, 3.05) is 26.3 Å². The summed E-state index contributed by atoms with van der Waals surface area (Å²) in [5.41, 5.74) is 2.56. The maximum absolute atomic E-state index is 12.7. The van der Waals surface area contributed by atoms with Gasteiger partial charge in [0, 0.05) is 24.6 Å². The summed E-state index contributed by atoms with van der Waals surface area (Å²) in [5, 5.41) is 0. The van der Waals surface area contributed by atoms with E-state index in [1.165, 1.54) is 11.3 Å². The van der Waals surface area contributed by atoms with Crippen LogP contribution in [0.2, 0.25) is 0 Å². The van der Waals surface area contributed by atoms with Crippen molar-refractivity contribution < 1.29 is 19.0 Å². The maximum atomic E-state index is 12.7. The highest BCUT2D eigenvalue weighted by Gasteiger charge is 2.53. The van der Waals surface area contributed by atoms with E-state index >= 15 is 0 Å². The normalized spacial score (nSPS) is 26.0. The van der Waals surface area contributed by atoms with Crippen LogP contribution in [0, 0.1) is 11.3 Å². The number of carbonyl (C=O) groups is 1. The molecule has 3 aliphatic heterocycles. The quantitative estimate of drug-likeness (QED) is 0.689. The van der Waals surface area contributed by atoms with Crippen molar-refractivity contribution in [3.05, 3.63) is 40.3 Å². The zero-order valence-electron chi connectivity index (χ0n) is 18.4. The largest absolute Gasteiger partial charge is 0.490 e. The lowest BCUT2D eigenvalue weighted by atomic mass is 9.64. The van der Waals surface area contributed by atoms with E-state index in [1.807, 2.05) is 24.0 Å². The number of thiazole rings is 1.